The van der Waals surface area contributed by atoms with E-state index in [0.717, 1.165) is 6.42 Å². The summed E-state index contributed by atoms with van der Waals surface area (Å²) in [7, 11) is 2.04. The molecule has 3 aromatic rings. The Morgan fingerprint density at radius 2 is 2.00 bits per heavy atom. The van der Waals surface area contributed by atoms with Crippen molar-refractivity contribution in [3.63, 3.8) is 0 Å². The average Bonchev–Trinajstić information content (AvgIpc) is 2.90. The molecule has 3 rings (SSSR count). The van der Waals surface area contributed by atoms with E-state index in [9.17, 15) is 0 Å². The van der Waals surface area contributed by atoms with Gasteiger partial charge in [-0.25, -0.2) is 0 Å². The van der Waals surface area contributed by atoms with Crippen LogP contribution >= 0.6 is 27.3 Å². The van der Waals surface area contributed by atoms with Crippen LogP contribution in [0.5, 0.6) is 0 Å². The maximum absolute atomic E-state index is 3.65. The Hall–Kier alpha value is -1.16. The van der Waals surface area contributed by atoms with Gasteiger partial charge in [-0.3, -0.25) is 0 Å². The summed E-state index contributed by atoms with van der Waals surface area (Å²) < 4.78 is 2.51. The number of likely N-dealkylation sites (N-methyl/N-ethyl adjacent to an activating group) is 1. The summed E-state index contributed by atoms with van der Waals surface area (Å²) >= 11 is 5.46. The number of aryl methyl sites for hydroxylation is 1. The Balaban J connectivity index is 1.97. The monoisotopic (exact) mass is 359 g/mol. The molecule has 108 valence electrons. The van der Waals surface area contributed by atoms with Crippen LogP contribution in [0.3, 0.4) is 0 Å². The van der Waals surface area contributed by atoms with Crippen LogP contribution in [-0.2, 0) is 6.42 Å². The van der Waals surface area contributed by atoms with Gasteiger partial charge in [-0.2, -0.15) is 0 Å². The minimum absolute atomic E-state index is 0.342. The molecule has 1 aromatic heterocycles. The van der Waals surface area contributed by atoms with Crippen molar-refractivity contribution in [1.29, 1.82) is 0 Å². The second-order valence-electron chi connectivity index (χ2n) is 5.34. The summed E-state index contributed by atoms with van der Waals surface area (Å²) in [6.45, 7) is 2.15. The van der Waals surface area contributed by atoms with Gasteiger partial charge >= 0.3 is 0 Å². The molecule has 1 unspecified atom stereocenters. The Morgan fingerprint density at radius 3 is 2.76 bits per heavy atom. The van der Waals surface area contributed by atoms with Crippen LogP contribution in [0.4, 0.5) is 0 Å². The van der Waals surface area contributed by atoms with E-state index in [1.807, 2.05) is 18.4 Å². The highest BCUT2D eigenvalue weighted by molar-refractivity contribution is 9.10. The molecule has 0 radical (unpaired) electrons. The molecule has 0 aliphatic carbocycles. The fourth-order valence-corrected chi connectivity index (χ4v) is 4.43. The molecular formula is C18H18BrNS. The normalized spacial score (nSPS) is 12.7. The maximum atomic E-state index is 3.65. The van der Waals surface area contributed by atoms with Gasteiger partial charge in [0.05, 0.1) is 0 Å². The van der Waals surface area contributed by atoms with Gasteiger partial charge in [-0.1, -0.05) is 42.0 Å². The van der Waals surface area contributed by atoms with Gasteiger partial charge in [0.1, 0.15) is 0 Å². The second kappa shape index (κ2) is 6.30. The van der Waals surface area contributed by atoms with Gasteiger partial charge in [-0.05, 0) is 64.3 Å². The zero-order valence-corrected chi connectivity index (χ0v) is 14.6. The first-order chi connectivity index (χ1) is 10.2. The summed E-state index contributed by atoms with van der Waals surface area (Å²) in [5, 5.41) is 7.11. The molecule has 1 nitrogen and oxygen atoms in total. The molecular weight excluding hydrogens is 342 g/mol. The molecule has 1 N–H and O–H groups in total. The third kappa shape index (κ3) is 3.05. The first-order valence-corrected chi connectivity index (χ1v) is 8.74. The summed E-state index contributed by atoms with van der Waals surface area (Å²) in [6.07, 6.45) is 1.01. The highest BCUT2D eigenvalue weighted by Crippen LogP contribution is 2.36. The van der Waals surface area contributed by atoms with E-state index >= 15 is 0 Å². The van der Waals surface area contributed by atoms with Crippen molar-refractivity contribution in [3.05, 3.63) is 69.0 Å². The molecule has 1 heterocycles. The lowest BCUT2D eigenvalue weighted by atomic mass is 9.97. The van der Waals surface area contributed by atoms with Crippen LogP contribution < -0.4 is 5.32 Å². The zero-order valence-electron chi connectivity index (χ0n) is 12.2. The lowest BCUT2D eigenvalue weighted by Gasteiger charge is -2.16. The predicted octanol–water partition coefficient (Wildman–Crippen LogP) is 5.48. The van der Waals surface area contributed by atoms with Gasteiger partial charge in [-0.15, -0.1) is 11.3 Å². The molecule has 0 fully saturated rings. The number of thiophene rings is 1. The van der Waals surface area contributed by atoms with E-state index in [2.05, 4.69) is 76.0 Å². The highest BCUT2D eigenvalue weighted by atomic mass is 79.9. The largest absolute Gasteiger partial charge is 0.313 e. The molecule has 2 aromatic carbocycles. The second-order valence-corrected chi connectivity index (χ2v) is 7.08. The van der Waals surface area contributed by atoms with Crippen molar-refractivity contribution in [2.24, 2.45) is 0 Å². The smallest absolute Gasteiger partial charge is 0.0488 e. The lowest BCUT2D eigenvalue weighted by molar-refractivity contribution is 0.597. The van der Waals surface area contributed by atoms with Gasteiger partial charge < -0.3 is 5.32 Å². The Kier molecular flexibility index (Phi) is 4.43. The molecule has 0 saturated heterocycles. The average molecular weight is 360 g/mol. The third-order valence-corrected chi connectivity index (χ3v) is 5.80. The Bertz CT molecular complexity index is 763. The Morgan fingerprint density at radius 1 is 1.19 bits per heavy atom. The molecule has 0 bridgehead atoms. The van der Waals surface area contributed by atoms with E-state index in [-0.39, 0.29) is 0 Å². The third-order valence-electron chi connectivity index (χ3n) is 3.83. The minimum atomic E-state index is 0.342. The molecule has 3 heteroatoms. The van der Waals surface area contributed by atoms with Crippen molar-refractivity contribution in [2.75, 3.05) is 7.05 Å². The molecule has 1 atom stereocenters. The first-order valence-electron chi connectivity index (χ1n) is 7.07. The number of hydrogen-bond donors (Lipinski definition) is 1. The van der Waals surface area contributed by atoms with Crippen molar-refractivity contribution < 1.29 is 0 Å². The molecule has 0 saturated carbocycles. The molecule has 0 aliphatic heterocycles. The summed E-state index contributed by atoms with van der Waals surface area (Å²) in [5.41, 5.74) is 4.09. The van der Waals surface area contributed by atoms with Crippen LogP contribution in [0, 0.1) is 6.92 Å². The zero-order chi connectivity index (χ0) is 14.8. The fraction of sp³-hybridized carbons (Fsp3) is 0.222. The molecule has 0 spiro atoms. The number of rotatable bonds is 4. The number of halogens is 1. The van der Waals surface area contributed by atoms with Crippen molar-refractivity contribution in [1.82, 2.24) is 5.32 Å². The maximum Gasteiger partial charge on any atom is 0.0488 e. The number of fused-ring (bicyclic) bond motifs is 1. The van der Waals surface area contributed by atoms with Crippen molar-refractivity contribution in [2.45, 2.75) is 19.4 Å². The molecule has 21 heavy (non-hydrogen) atoms. The van der Waals surface area contributed by atoms with E-state index in [1.54, 1.807) is 0 Å². The standard InChI is InChI=1S/C18H18BrNS/c1-12-5-3-6-13(9-12)10-17(20-2)15-11-21-18-14(15)7-4-8-16(18)19/h3-9,11,17,20H,10H2,1-2H3. The fourth-order valence-electron chi connectivity index (χ4n) is 2.75. The summed E-state index contributed by atoms with van der Waals surface area (Å²) in [4.78, 5) is 0. The van der Waals surface area contributed by atoms with Crippen LogP contribution in [0.15, 0.2) is 52.3 Å². The molecule has 0 amide bonds. The number of hydrogen-bond acceptors (Lipinski definition) is 2. The highest BCUT2D eigenvalue weighted by Gasteiger charge is 2.16. The minimum Gasteiger partial charge on any atom is -0.313 e. The van der Waals surface area contributed by atoms with Gasteiger partial charge in [0.25, 0.3) is 0 Å². The van der Waals surface area contributed by atoms with Gasteiger partial charge in [0, 0.05) is 15.2 Å². The topological polar surface area (TPSA) is 12.0 Å². The lowest BCUT2D eigenvalue weighted by Crippen LogP contribution is -2.18. The van der Waals surface area contributed by atoms with E-state index < -0.39 is 0 Å². The molecule has 0 aliphatic rings. The number of nitrogens with one attached hydrogen (secondary N) is 1. The van der Waals surface area contributed by atoms with Crippen molar-refractivity contribution in [3.8, 4) is 0 Å². The predicted molar refractivity (Wildman–Crippen MR) is 96.2 cm³/mol. The van der Waals surface area contributed by atoms with Crippen molar-refractivity contribution >= 4 is 37.4 Å². The quantitative estimate of drug-likeness (QED) is 0.650. The van der Waals surface area contributed by atoms with Gasteiger partial charge in [0.15, 0.2) is 0 Å². The van der Waals surface area contributed by atoms with Crippen LogP contribution in [-0.4, -0.2) is 7.05 Å². The Labute approximate surface area is 138 Å². The summed E-state index contributed by atoms with van der Waals surface area (Å²) in [6, 6.07) is 15.5. The van der Waals surface area contributed by atoms with E-state index in [4.69, 9.17) is 0 Å². The van der Waals surface area contributed by atoms with Crippen LogP contribution in [0.1, 0.15) is 22.7 Å². The van der Waals surface area contributed by atoms with Gasteiger partial charge in [0.2, 0.25) is 0 Å². The summed E-state index contributed by atoms with van der Waals surface area (Å²) in [5.74, 6) is 0. The van der Waals surface area contributed by atoms with E-state index in [1.165, 1.54) is 31.2 Å². The number of benzene rings is 2. The van der Waals surface area contributed by atoms with E-state index in [0.29, 0.717) is 6.04 Å². The van der Waals surface area contributed by atoms with Crippen LogP contribution in [0.25, 0.3) is 10.1 Å². The van der Waals surface area contributed by atoms with Crippen LogP contribution in [0.2, 0.25) is 0 Å². The SMILES string of the molecule is CNC(Cc1cccc(C)c1)c1csc2c(Br)cccc12. The first kappa shape index (κ1) is 14.8.